The highest BCUT2D eigenvalue weighted by atomic mass is 79.9. The number of carbonyl (C=O) groups is 1. The summed E-state index contributed by atoms with van der Waals surface area (Å²) < 4.78 is 25.3. The summed E-state index contributed by atoms with van der Waals surface area (Å²) >= 11 is 3.10. The van der Waals surface area contributed by atoms with Gasteiger partial charge in [0, 0.05) is 15.6 Å². The lowest BCUT2D eigenvalue weighted by Gasteiger charge is -2.08. The van der Waals surface area contributed by atoms with Gasteiger partial charge in [-0.2, -0.15) is 0 Å². The Balaban J connectivity index is 3.31. The molecule has 0 aliphatic carbocycles. The van der Waals surface area contributed by atoms with Gasteiger partial charge in [-0.05, 0) is 31.5 Å². The number of hydrogen-bond acceptors (Lipinski definition) is 1. The van der Waals surface area contributed by atoms with Crippen molar-refractivity contribution in [1.29, 1.82) is 0 Å². The number of hydrogen-bond donors (Lipinski definition) is 0. The highest BCUT2D eigenvalue weighted by Crippen LogP contribution is 2.28. The summed E-state index contributed by atoms with van der Waals surface area (Å²) in [6, 6.07) is 2.78. The van der Waals surface area contributed by atoms with Gasteiger partial charge in [-0.1, -0.05) is 15.9 Å². The molecule has 0 spiro atoms. The molecule has 0 heterocycles. The molecule has 14 heavy (non-hydrogen) atoms. The summed E-state index contributed by atoms with van der Waals surface area (Å²) in [5, 5.41) is 0. The van der Waals surface area contributed by atoms with E-state index in [-0.39, 0.29) is 11.3 Å². The van der Waals surface area contributed by atoms with Crippen LogP contribution in [0.15, 0.2) is 16.6 Å². The van der Waals surface area contributed by atoms with Crippen LogP contribution < -0.4 is 0 Å². The van der Waals surface area contributed by atoms with Crippen molar-refractivity contribution >= 4 is 21.7 Å². The highest BCUT2D eigenvalue weighted by molar-refractivity contribution is 9.10. The standard InChI is InChI=1S/C10H9BrF2O/c1-5-3-8(6(2)14)9(11)4-7(5)10(12)13/h3-4,10H,1-2H3. The zero-order valence-electron chi connectivity index (χ0n) is 7.77. The third-order valence-electron chi connectivity index (χ3n) is 1.97. The molecule has 0 unspecified atom stereocenters. The lowest BCUT2D eigenvalue weighted by molar-refractivity contribution is 0.101. The Labute approximate surface area is 89.3 Å². The normalized spacial score (nSPS) is 10.7. The summed E-state index contributed by atoms with van der Waals surface area (Å²) in [7, 11) is 0. The van der Waals surface area contributed by atoms with Crippen LogP contribution in [0.5, 0.6) is 0 Å². The molecule has 0 radical (unpaired) electrons. The maximum Gasteiger partial charge on any atom is 0.264 e. The van der Waals surface area contributed by atoms with Crippen LogP contribution in [0, 0.1) is 6.92 Å². The van der Waals surface area contributed by atoms with E-state index in [4.69, 9.17) is 0 Å². The zero-order valence-corrected chi connectivity index (χ0v) is 9.36. The average Bonchev–Trinajstić information content (AvgIpc) is 2.07. The first-order chi connectivity index (χ1) is 6.43. The van der Waals surface area contributed by atoms with Crippen LogP contribution in [0.4, 0.5) is 8.78 Å². The largest absolute Gasteiger partial charge is 0.294 e. The molecule has 0 amide bonds. The van der Waals surface area contributed by atoms with Gasteiger partial charge >= 0.3 is 0 Å². The van der Waals surface area contributed by atoms with Crippen LogP contribution in [0.2, 0.25) is 0 Å². The van der Waals surface area contributed by atoms with E-state index in [2.05, 4.69) is 15.9 Å². The molecule has 0 bridgehead atoms. The highest BCUT2D eigenvalue weighted by Gasteiger charge is 2.14. The maximum atomic E-state index is 12.4. The molecular weight excluding hydrogens is 254 g/mol. The zero-order chi connectivity index (χ0) is 10.9. The summed E-state index contributed by atoms with van der Waals surface area (Å²) in [4.78, 5) is 11.1. The van der Waals surface area contributed by atoms with Gasteiger partial charge < -0.3 is 0 Å². The molecule has 0 aromatic heterocycles. The van der Waals surface area contributed by atoms with Gasteiger partial charge in [-0.15, -0.1) is 0 Å². The lowest BCUT2D eigenvalue weighted by atomic mass is 10.0. The molecule has 0 fully saturated rings. The number of benzene rings is 1. The predicted molar refractivity (Wildman–Crippen MR) is 53.8 cm³/mol. The van der Waals surface area contributed by atoms with Gasteiger partial charge in [0.15, 0.2) is 5.78 Å². The second kappa shape index (κ2) is 4.17. The number of ketones is 1. The number of carbonyl (C=O) groups excluding carboxylic acids is 1. The van der Waals surface area contributed by atoms with E-state index in [9.17, 15) is 13.6 Å². The molecule has 0 N–H and O–H groups in total. The van der Waals surface area contributed by atoms with E-state index >= 15 is 0 Å². The van der Waals surface area contributed by atoms with Gasteiger partial charge in [0.2, 0.25) is 0 Å². The van der Waals surface area contributed by atoms with Crippen molar-refractivity contribution in [3.63, 3.8) is 0 Å². The molecule has 1 aromatic rings. The van der Waals surface area contributed by atoms with Crippen molar-refractivity contribution in [2.45, 2.75) is 20.3 Å². The predicted octanol–water partition coefficient (Wildman–Crippen LogP) is 3.90. The first-order valence-electron chi connectivity index (χ1n) is 4.02. The Kier molecular flexibility index (Phi) is 3.37. The second-order valence-corrected chi connectivity index (χ2v) is 3.90. The van der Waals surface area contributed by atoms with Crippen LogP contribution in [0.1, 0.15) is 34.8 Å². The lowest BCUT2D eigenvalue weighted by Crippen LogP contribution is -1.98. The third-order valence-corrected chi connectivity index (χ3v) is 2.63. The molecule has 0 saturated heterocycles. The SMILES string of the molecule is CC(=O)c1cc(C)c(C(F)F)cc1Br. The van der Waals surface area contributed by atoms with Crippen LogP contribution in [0.25, 0.3) is 0 Å². The van der Waals surface area contributed by atoms with Crippen molar-refractivity contribution in [2.24, 2.45) is 0 Å². The summed E-state index contributed by atoms with van der Waals surface area (Å²) in [6.07, 6.45) is -2.51. The molecule has 1 rings (SSSR count). The van der Waals surface area contributed by atoms with Gasteiger partial charge in [-0.25, -0.2) is 8.78 Å². The molecule has 0 atom stereocenters. The van der Waals surface area contributed by atoms with Crippen LogP contribution in [-0.2, 0) is 0 Å². The smallest absolute Gasteiger partial charge is 0.264 e. The third kappa shape index (κ3) is 2.18. The Morgan fingerprint density at radius 2 is 2.00 bits per heavy atom. The molecule has 1 aromatic carbocycles. The number of aryl methyl sites for hydroxylation is 1. The van der Waals surface area contributed by atoms with E-state index in [1.807, 2.05) is 0 Å². The minimum absolute atomic E-state index is 0.0399. The fraction of sp³-hybridized carbons (Fsp3) is 0.300. The van der Waals surface area contributed by atoms with E-state index in [1.54, 1.807) is 6.92 Å². The van der Waals surface area contributed by atoms with Crippen molar-refractivity contribution in [2.75, 3.05) is 0 Å². The fourth-order valence-electron chi connectivity index (χ4n) is 1.20. The molecule has 0 saturated carbocycles. The Morgan fingerprint density at radius 3 is 2.43 bits per heavy atom. The number of alkyl halides is 2. The molecule has 1 nitrogen and oxygen atoms in total. The summed E-state index contributed by atoms with van der Waals surface area (Å²) in [6.45, 7) is 2.97. The van der Waals surface area contributed by atoms with E-state index in [0.29, 0.717) is 15.6 Å². The van der Waals surface area contributed by atoms with Gasteiger partial charge in [0.05, 0.1) is 0 Å². The van der Waals surface area contributed by atoms with Crippen molar-refractivity contribution in [3.8, 4) is 0 Å². The van der Waals surface area contributed by atoms with Crippen LogP contribution in [-0.4, -0.2) is 5.78 Å². The van der Waals surface area contributed by atoms with E-state index in [1.165, 1.54) is 19.1 Å². The van der Waals surface area contributed by atoms with Crippen molar-refractivity contribution in [3.05, 3.63) is 33.3 Å². The minimum atomic E-state index is -2.51. The molecule has 76 valence electrons. The fourth-order valence-corrected chi connectivity index (χ4v) is 1.84. The Hall–Kier alpha value is -0.770. The average molecular weight is 263 g/mol. The number of Topliss-reactive ketones (excluding diaryl/α,β-unsaturated/α-hetero) is 1. The molecular formula is C10H9BrF2O. The summed E-state index contributed by atoms with van der Waals surface area (Å²) in [5.41, 5.74) is 0.835. The van der Waals surface area contributed by atoms with E-state index < -0.39 is 6.43 Å². The maximum absolute atomic E-state index is 12.4. The molecule has 0 aliphatic rings. The van der Waals surface area contributed by atoms with Crippen molar-refractivity contribution < 1.29 is 13.6 Å². The van der Waals surface area contributed by atoms with Gasteiger partial charge in [-0.3, -0.25) is 4.79 Å². The quantitative estimate of drug-likeness (QED) is 0.739. The Bertz CT molecular complexity index is 375. The van der Waals surface area contributed by atoms with Gasteiger partial charge in [0.1, 0.15) is 0 Å². The first-order valence-corrected chi connectivity index (χ1v) is 4.82. The van der Waals surface area contributed by atoms with Crippen LogP contribution in [0.3, 0.4) is 0 Å². The van der Waals surface area contributed by atoms with Crippen molar-refractivity contribution in [1.82, 2.24) is 0 Å². The minimum Gasteiger partial charge on any atom is -0.294 e. The topological polar surface area (TPSA) is 17.1 Å². The molecule has 0 aliphatic heterocycles. The number of halogens is 3. The monoisotopic (exact) mass is 262 g/mol. The number of rotatable bonds is 2. The molecule has 4 heteroatoms. The van der Waals surface area contributed by atoms with Crippen LogP contribution >= 0.6 is 15.9 Å². The van der Waals surface area contributed by atoms with Gasteiger partial charge in [0.25, 0.3) is 6.43 Å². The van der Waals surface area contributed by atoms with E-state index in [0.717, 1.165) is 0 Å². The Morgan fingerprint density at radius 1 is 1.43 bits per heavy atom. The first kappa shape index (κ1) is 11.3. The second-order valence-electron chi connectivity index (χ2n) is 3.05. The summed E-state index contributed by atoms with van der Waals surface area (Å²) in [5.74, 6) is -0.138.